The molecule has 1 N–H and O–H groups in total. The number of alkyl halides is 3. The van der Waals surface area contributed by atoms with E-state index in [1.807, 2.05) is 6.92 Å². The minimum atomic E-state index is -4.55. The molecule has 118 valence electrons. The lowest BCUT2D eigenvalue weighted by molar-refractivity contribution is -0.145. The van der Waals surface area contributed by atoms with Crippen LogP contribution in [0.15, 0.2) is 18.2 Å². The van der Waals surface area contributed by atoms with Crippen molar-refractivity contribution in [1.29, 1.82) is 0 Å². The second-order valence-electron chi connectivity index (χ2n) is 4.37. The maximum Gasteiger partial charge on any atom is 0.419 e. The summed E-state index contributed by atoms with van der Waals surface area (Å²) >= 11 is 0. The largest absolute Gasteiger partial charge is 0.481 e. The van der Waals surface area contributed by atoms with Crippen molar-refractivity contribution in [3.63, 3.8) is 0 Å². The van der Waals surface area contributed by atoms with Crippen molar-refractivity contribution in [2.75, 3.05) is 20.3 Å². The Morgan fingerprint density at radius 3 is 2.62 bits per heavy atom. The first-order valence-electron chi connectivity index (χ1n) is 6.49. The van der Waals surface area contributed by atoms with Crippen molar-refractivity contribution in [2.24, 2.45) is 0 Å². The number of hydrogen-bond donors (Lipinski definition) is 1. The van der Waals surface area contributed by atoms with Crippen LogP contribution < -0.4 is 10.1 Å². The van der Waals surface area contributed by atoms with Gasteiger partial charge in [-0.05, 0) is 30.7 Å². The average molecular weight is 305 g/mol. The van der Waals surface area contributed by atoms with E-state index in [2.05, 4.69) is 10.1 Å². The predicted molar refractivity (Wildman–Crippen MR) is 71.0 cm³/mol. The molecule has 0 saturated carbocycles. The number of carbonyl (C=O) groups is 1. The highest BCUT2D eigenvalue weighted by molar-refractivity contribution is 5.71. The number of carbonyl (C=O) groups excluding carboxylic acids is 1. The molecule has 1 aromatic rings. The van der Waals surface area contributed by atoms with Gasteiger partial charge >= 0.3 is 12.1 Å². The fraction of sp³-hybridized carbons (Fsp3) is 0.500. The summed E-state index contributed by atoms with van der Waals surface area (Å²) in [5.41, 5.74) is -0.400. The molecule has 0 bridgehead atoms. The summed E-state index contributed by atoms with van der Waals surface area (Å²) in [6.07, 6.45) is -3.65. The van der Waals surface area contributed by atoms with Gasteiger partial charge < -0.3 is 14.8 Å². The summed E-state index contributed by atoms with van der Waals surface area (Å²) in [4.78, 5) is 10.9. The van der Waals surface area contributed by atoms with Crippen LogP contribution in [0.4, 0.5) is 13.2 Å². The molecule has 0 radical (unpaired) electrons. The summed E-state index contributed by atoms with van der Waals surface area (Å²) in [6, 6.07) is 3.77. The van der Waals surface area contributed by atoms with E-state index in [9.17, 15) is 18.0 Å². The Kier molecular flexibility index (Phi) is 6.48. The number of methoxy groups -OCH3 is 1. The zero-order valence-corrected chi connectivity index (χ0v) is 11.9. The van der Waals surface area contributed by atoms with Gasteiger partial charge in [0.1, 0.15) is 5.75 Å². The smallest absolute Gasteiger partial charge is 0.419 e. The van der Waals surface area contributed by atoms with Gasteiger partial charge in [-0.2, -0.15) is 13.2 Å². The van der Waals surface area contributed by atoms with E-state index in [0.717, 1.165) is 26.1 Å². The van der Waals surface area contributed by atoms with E-state index in [1.54, 1.807) is 0 Å². The van der Waals surface area contributed by atoms with Crippen molar-refractivity contribution >= 4 is 5.97 Å². The minimum absolute atomic E-state index is 0.341. The molecule has 0 aromatic heterocycles. The highest BCUT2D eigenvalue weighted by atomic mass is 19.4. The summed E-state index contributed by atoms with van der Waals surface area (Å²) < 4.78 is 48.2. The summed E-state index contributed by atoms with van der Waals surface area (Å²) in [6.45, 7) is 2.47. The molecule has 0 fully saturated rings. The third kappa shape index (κ3) is 5.63. The number of esters is 1. The summed E-state index contributed by atoms with van der Waals surface area (Å²) in [7, 11) is 1.14. The van der Waals surface area contributed by atoms with Crippen LogP contribution >= 0.6 is 0 Å². The average Bonchev–Trinajstić information content (AvgIpc) is 2.44. The molecule has 21 heavy (non-hydrogen) atoms. The molecule has 0 atom stereocenters. The zero-order valence-electron chi connectivity index (χ0n) is 11.9. The number of rotatable bonds is 7. The molecule has 0 spiro atoms. The van der Waals surface area contributed by atoms with E-state index in [1.165, 1.54) is 12.1 Å². The molecular formula is C14H18F3NO3. The van der Waals surface area contributed by atoms with Gasteiger partial charge in [0, 0.05) is 6.54 Å². The summed E-state index contributed by atoms with van der Waals surface area (Å²) in [5.74, 6) is -1.12. The van der Waals surface area contributed by atoms with Gasteiger partial charge in [-0.15, -0.1) is 0 Å². The Morgan fingerprint density at radius 1 is 1.33 bits per heavy atom. The molecule has 4 nitrogen and oxygen atoms in total. The number of halogens is 3. The first-order chi connectivity index (χ1) is 9.88. The lowest BCUT2D eigenvalue weighted by Crippen LogP contribution is -2.17. The van der Waals surface area contributed by atoms with Crippen LogP contribution in [0.25, 0.3) is 0 Å². The fourth-order valence-corrected chi connectivity index (χ4v) is 1.64. The van der Waals surface area contributed by atoms with Gasteiger partial charge in [-0.25, -0.2) is 4.79 Å². The molecule has 0 unspecified atom stereocenters. The van der Waals surface area contributed by atoms with Gasteiger partial charge in [-0.1, -0.05) is 13.0 Å². The third-order valence-electron chi connectivity index (χ3n) is 2.68. The predicted octanol–water partition coefficient (Wildman–Crippen LogP) is 2.76. The van der Waals surface area contributed by atoms with Gasteiger partial charge in [-0.3, -0.25) is 0 Å². The van der Waals surface area contributed by atoms with Crippen LogP contribution in [0.1, 0.15) is 24.5 Å². The monoisotopic (exact) mass is 305 g/mol. The van der Waals surface area contributed by atoms with Crippen molar-refractivity contribution in [1.82, 2.24) is 5.32 Å². The normalized spacial score (nSPS) is 11.3. The van der Waals surface area contributed by atoms with Crippen molar-refractivity contribution in [3.05, 3.63) is 29.3 Å². The Labute approximate surface area is 121 Å². The SMILES string of the molecule is CCCNCc1ccc(OCC(=O)OC)c(C(F)(F)F)c1. The molecule has 7 heteroatoms. The molecule has 0 aliphatic rings. The van der Waals surface area contributed by atoms with Crippen LogP contribution in [-0.2, 0) is 22.3 Å². The van der Waals surface area contributed by atoms with E-state index in [4.69, 9.17) is 4.74 Å². The topological polar surface area (TPSA) is 47.6 Å². The highest BCUT2D eigenvalue weighted by Crippen LogP contribution is 2.36. The van der Waals surface area contributed by atoms with Gasteiger partial charge in [0.15, 0.2) is 6.61 Å². The van der Waals surface area contributed by atoms with E-state index in [-0.39, 0.29) is 5.75 Å². The molecule has 0 heterocycles. The molecule has 0 saturated heterocycles. The van der Waals surface area contributed by atoms with Gasteiger partial charge in [0.2, 0.25) is 0 Å². The van der Waals surface area contributed by atoms with Crippen molar-refractivity contribution in [2.45, 2.75) is 26.1 Å². The molecule has 1 rings (SSSR count). The minimum Gasteiger partial charge on any atom is -0.481 e. The van der Waals surface area contributed by atoms with E-state index in [0.29, 0.717) is 12.1 Å². The Balaban J connectivity index is 2.89. The standard InChI is InChI=1S/C14H18F3NO3/c1-3-6-18-8-10-4-5-12(21-9-13(19)20-2)11(7-10)14(15,16)17/h4-5,7,18H,3,6,8-9H2,1-2H3. The van der Waals surface area contributed by atoms with E-state index >= 15 is 0 Å². The Hall–Kier alpha value is -1.76. The number of ether oxygens (including phenoxy) is 2. The second-order valence-corrected chi connectivity index (χ2v) is 4.37. The van der Waals surface area contributed by atoms with Crippen LogP contribution in [0.5, 0.6) is 5.75 Å². The maximum atomic E-state index is 13.0. The zero-order chi connectivity index (χ0) is 15.9. The van der Waals surface area contributed by atoms with Crippen molar-refractivity contribution in [3.8, 4) is 5.75 Å². The number of nitrogens with one attached hydrogen (secondary N) is 1. The van der Waals surface area contributed by atoms with Crippen LogP contribution in [0.3, 0.4) is 0 Å². The lowest BCUT2D eigenvalue weighted by atomic mass is 10.1. The quantitative estimate of drug-likeness (QED) is 0.621. The van der Waals surface area contributed by atoms with Crippen LogP contribution in [0.2, 0.25) is 0 Å². The second kappa shape index (κ2) is 7.87. The van der Waals surface area contributed by atoms with E-state index < -0.39 is 24.3 Å². The van der Waals surface area contributed by atoms with Crippen LogP contribution in [-0.4, -0.2) is 26.2 Å². The Bertz CT molecular complexity index is 475. The number of benzene rings is 1. The number of hydrogen-bond acceptors (Lipinski definition) is 4. The third-order valence-corrected chi connectivity index (χ3v) is 2.68. The molecule has 1 aromatic carbocycles. The molecular weight excluding hydrogens is 287 g/mol. The van der Waals surface area contributed by atoms with Gasteiger partial charge in [0.05, 0.1) is 12.7 Å². The summed E-state index contributed by atoms with van der Waals surface area (Å²) in [5, 5.41) is 3.03. The Morgan fingerprint density at radius 2 is 2.05 bits per heavy atom. The highest BCUT2D eigenvalue weighted by Gasteiger charge is 2.34. The molecule has 0 aliphatic carbocycles. The first-order valence-corrected chi connectivity index (χ1v) is 6.49. The maximum absolute atomic E-state index is 13.0. The molecule has 0 amide bonds. The van der Waals surface area contributed by atoms with Crippen LogP contribution in [0, 0.1) is 0 Å². The fourth-order valence-electron chi connectivity index (χ4n) is 1.64. The van der Waals surface area contributed by atoms with Gasteiger partial charge in [0.25, 0.3) is 0 Å². The lowest BCUT2D eigenvalue weighted by Gasteiger charge is -2.15. The molecule has 0 aliphatic heterocycles. The van der Waals surface area contributed by atoms with Crippen molar-refractivity contribution < 1.29 is 27.4 Å². The first kappa shape index (κ1) is 17.3.